The fourth-order valence-corrected chi connectivity index (χ4v) is 3.35. The molecule has 1 unspecified atom stereocenters. The van der Waals surface area contributed by atoms with E-state index in [1.54, 1.807) is 7.05 Å². The topological polar surface area (TPSA) is 42.9 Å². The molecule has 0 aromatic rings. The van der Waals surface area contributed by atoms with E-state index < -0.39 is 12.7 Å². The minimum atomic E-state index is -4.11. The van der Waals surface area contributed by atoms with Gasteiger partial charge in [0, 0.05) is 45.3 Å². The molecule has 0 saturated carbocycles. The van der Waals surface area contributed by atoms with E-state index in [0.29, 0.717) is 37.7 Å². The molecule has 0 radical (unpaired) electrons. The minimum absolute atomic E-state index is 0.226. The van der Waals surface area contributed by atoms with Crippen LogP contribution in [0.1, 0.15) is 34.1 Å². The Labute approximate surface area is 150 Å². The highest BCUT2D eigenvalue weighted by molar-refractivity contribution is 5.79. The van der Waals surface area contributed by atoms with E-state index in [9.17, 15) is 13.2 Å². The predicted octanol–water partition coefficient (Wildman–Crippen LogP) is 2.15. The van der Waals surface area contributed by atoms with Gasteiger partial charge in [-0.2, -0.15) is 13.2 Å². The largest absolute Gasteiger partial charge is 0.401 e. The number of aliphatic imine (C=N–C) groups is 1. The van der Waals surface area contributed by atoms with Crippen LogP contribution in [0.25, 0.3) is 0 Å². The summed E-state index contributed by atoms with van der Waals surface area (Å²) in [6.45, 7) is 11.2. The van der Waals surface area contributed by atoms with Crippen molar-refractivity contribution in [3.8, 4) is 0 Å². The Kier molecular flexibility index (Phi) is 8.99. The van der Waals surface area contributed by atoms with Gasteiger partial charge in [-0.15, -0.1) is 0 Å². The minimum Gasteiger partial charge on any atom is -0.356 e. The number of nitrogens with one attached hydrogen (secondary N) is 2. The Bertz CT molecular complexity index is 402. The van der Waals surface area contributed by atoms with Gasteiger partial charge in [-0.25, -0.2) is 0 Å². The van der Waals surface area contributed by atoms with Gasteiger partial charge >= 0.3 is 6.18 Å². The van der Waals surface area contributed by atoms with Crippen molar-refractivity contribution >= 4 is 5.96 Å². The van der Waals surface area contributed by atoms with Crippen LogP contribution in [0, 0.1) is 5.92 Å². The normalized spacial score (nSPS) is 20.1. The molecule has 8 heteroatoms. The monoisotopic (exact) mass is 365 g/mol. The Balaban J connectivity index is 2.29. The highest BCUT2D eigenvalue weighted by atomic mass is 19.4. The van der Waals surface area contributed by atoms with Crippen LogP contribution in [0.5, 0.6) is 0 Å². The smallest absolute Gasteiger partial charge is 0.356 e. The summed E-state index contributed by atoms with van der Waals surface area (Å²) in [6, 6.07) is 0.963. The molecule has 0 aromatic carbocycles. The number of rotatable bonds is 8. The SMILES string of the molecule is CN=C(NCCN(C(C)C)C(C)C)NCC1CCN(CC(F)(F)F)C1. The summed E-state index contributed by atoms with van der Waals surface area (Å²) in [6.07, 6.45) is -3.33. The molecule has 0 aromatic heterocycles. The predicted molar refractivity (Wildman–Crippen MR) is 96.9 cm³/mol. The first kappa shape index (κ1) is 22.0. The lowest BCUT2D eigenvalue weighted by Crippen LogP contribution is -2.46. The van der Waals surface area contributed by atoms with Crippen molar-refractivity contribution in [2.24, 2.45) is 10.9 Å². The molecule has 1 aliphatic heterocycles. The first-order valence-electron chi connectivity index (χ1n) is 9.11. The third kappa shape index (κ3) is 8.76. The highest BCUT2D eigenvalue weighted by Gasteiger charge is 2.34. The maximum Gasteiger partial charge on any atom is 0.401 e. The lowest BCUT2D eigenvalue weighted by Gasteiger charge is -2.30. The molecular weight excluding hydrogens is 331 g/mol. The number of halogens is 3. The van der Waals surface area contributed by atoms with Crippen LogP contribution in [0.15, 0.2) is 4.99 Å². The van der Waals surface area contributed by atoms with Gasteiger partial charge in [-0.05, 0) is 46.6 Å². The van der Waals surface area contributed by atoms with Crippen molar-refractivity contribution in [2.75, 3.05) is 46.3 Å². The van der Waals surface area contributed by atoms with Crippen molar-refractivity contribution in [3.05, 3.63) is 0 Å². The molecule has 0 amide bonds. The molecule has 1 fully saturated rings. The fraction of sp³-hybridized carbons (Fsp3) is 0.941. The first-order chi connectivity index (χ1) is 11.6. The molecule has 148 valence electrons. The molecule has 25 heavy (non-hydrogen) atoms. The van der Waals surface area contributed by atoms with Gasteiger partial charge in [0.25, 0.3) is 0 Å². The van der Waals surface area contributed by atoms with Gasteiger partial charge in [0.2, 0.25) is 0 Å². The number of nitrogens with zero attached hydrogens (tertiary/aromatic N) is 3. The Morgan fingerprint density at radius 2 is 1.84 bits per heavy atom. The van der Waals surface area contributed by atoms with E-state index in [-0.39, 0.29) is 5.92 Å². The second-order valence-corrected chi connectivity index (χ2v) is 7.31. The maximum atomic E-state index is 12.4. The van der Waals surface area contributed by atoms with Crippen molar-refractivity contribution in [1.29, 1.82) is 0 Å². The average molecular weight is 365 g/mol. The van der Waals surface area contributed by atoms with Crippen LogP contribution in [0.4, 0.5) is 13.2 Å². The molecule has 0 spiro atoms. The van der Waals surface area contributed by atoms with E-state index in [2.05, 4.69) is 48.2 Å². The zero-order valence-corrected chi connectivity index (χ0v) is 16.2. The number of hydrogen-bond acceptors (Lipinski definition) is 3. The van der Waals surface area contributed by atoms with E-state index in [1.807, 2.05) is 0 Å². The Hall–Kier alpha value is -1.02. The third-order valence-corrected chi connectivity index (χ3v) is 4.54. The molecule has 1 heterocycles. The summed E-state index contributed by atoms with van der Waals surface area (Å²) < 4.78 is 37.3. The Morgan fingerprint density at radius 1 is 1.20 bits per heavy atom. The molecule has 5 nitrogen and oxygen atoms in total. The number of alkyl halides is 3. The lowest BCUT2D eigenvalue weighted by atomic mass is 10.1. The zero-order valence-electron chi connectivity index (χ0n) is 16.2. The van der Waals surface area contributed by atoms with Crippen LogP contribution in [0.3, 0.4) is 0 Å². The van der Waals surface area contributed by atoms with E-state index in [1.165, 1.54) is 4.90 Å². The number of hydrogen-bond donors (Lipinski definition) is 2. The van der Waals surface area contributed by atoms with Crippen molar-refractivity contribution in [3.63, 3.8) is 0 Å². The van der Waals surface area contributed by atoms with Crippen molar-refractivity contribution < 1.29 is 13.2 Å². The van der Waals surface area contributed by atoms with Crippen molar-refractivity contribution in [1.82, 2.24) is 20.4 Å². The summed E-state index contributed by atoms with van der Waals surface area (Å²) in [5.74, 6) is 0.936. The van der Waals surface area contributed by atoms with Gasteiger partial charge in [-0.1, -0.05) is 0 Å². The second kappa shape index (κ2) is 10.2. The van der Waals surface area contributed by atoms with Crippen LogP contribution in [0.2, 0.25) is 0 Å². The quantitative estimate of drug-likeness (QED) is 0.511. The third-order valence-electron chi connectivity index (χ3n) is 4.54. The zero-order chi connectivity index (χ0) is 19.0. The summed E-state index contributed by atoms with van der Waals surface area (Å²) >= 11 is 0. The molecule has 0 bridgehead atoms. The van der Waals surface area contributed by atoms with Crippen molar-refractivity contribution in [2.45, 2.75) is 52.4 Å². The number of guanidine groups is 1. The van der Waals surface area contributed by atoms with Crippen LogP contribution >= 0.6 is 0 Å². The van der Waals surface area contributed by atoms with Gasteiger partial charge < -0.3 is 10.6 Å². The molecule has 1 rings (SSSR count). The van der Waals surface area contributed by atoms with E-state index in [4.69, 9.17) is 0 Å². The standard InChI is InChI=1S/C17H34F3N5/c1-13(2)25(14(3)4)9-7-22-16(21-5)23-10-15-6-8-24(11-15)12-17(18,19)20/h13-15H,6-12H2,1-5H3,(H2,21,22,23). The second-order valence-electron chi connectivity index (χ2n) is 7.31. The van der Waals surface area contributed by atoms with Gasteiger partial charge in [0.1, 0.15) is 0 Å². The van der Waals surface area contributed by atoms with Gasteiger partial charge in [0.15, 0.2) is 5.96 Å². The Morgan fingerprint density at radius 3 is 2.36 bits per heavy atom. The molecule has 0 aliphatic carbocycles. The molecule has 2 N–H and O–H groups in total. The van der Waals surface area contributed by atoms with Gasteiger partial charge in [0.05, 0.1) is 6.54 Å². The molecular formula is C17H34F3N5. The summed E-state index contributed by atoms with van der Waals surface area (Å²) in [7, 11) is 1.71. The lowest BCUT2D eigenvalue weighted by molar-refractivity contribution is -0.143. The number of likely N-dealkylation sites (tertiary alicyclic amines) is 1. The first-order valence-corrected chi connectivity index (χ1v) is 9.11. The molecule has 1 saturated heterocycles. The van der Waals surface area contributed by atoms with E-state index >= 15 is 0 Å². The van der Waals surface area contributed by atoms with Crippen LogP contribution in [-0.4, -0.2) is 80.3 Å². The molecule has 1 atom stereocenters. The van der Waals surface area contributed by atoms with Crippen LogP contribution < -0.4 is 10.6 Å². The fourth-order valence-electron chi connectivity index (χ4n) is 3.35. The van der Waals surface area contributed by atoms with Gasteiger partial charge in [-0.3, -0.25) is 14.8 Å². The summed E-state index contributed by atoms with van der Waals surface area (Å²) in [4.78, 5) is 8.07. The maximum absolute atomic E-state index is 12.4. The summed E-state index contributed by atoms with van der Waals surface area (Å²) in [5, 5.41) is 6.53. The molecule has 1 aliphatic rings. The average Bonchev–Trinajstić information content (AvgIpc) is 2.91. The summed E-state index contributed by atoms with van der Waals surface area (Å²) in [5.41, 5.74) is 0. The highest BCUT2D eigenvalue weighted by Crippen LogP contribution is 2.22. The van der Waals surface area contributed by atoms with E-state index in [0.717, 1.165) is 19.5 Å². The van der Waals surface area contributed by atoms with Crippen LogP contribution in [-0.2, 0) is 0 Å².